The standard InChI is InChI=1S/C14H22N2O3/c1-11-4-5-13(19-11)12(2)16-7-3-6-15(8-9-16)10-14(17)18/h4-5,12H,3,6-10H2,1-2H3,(H,17,18). The molecule has 0 aromatic carbocycles. The molecule has 0 saturated carbocycles. The Balaban J connectivity index is 1.93. The second-order valence-electron chi connectivity index (χ2n) is 5.18. The van der Waals surface area contributed by atoms with E-state index in [-0.39, 0.29) is 12.6 Å². The molecule has 1 aromatic rings. The fourth-order valence-electron chi connectivity index (χ4n) is 2.59. The molecule has 1 atom stereocenters. The maximum absolute atomic E-state index is 10.7. The number of nitrogens with zero attached hydrogens (tertiary/aromatic N) is 2. The monoisotopic (exact) mass is 266 g/mol. The predicted octanol–water partition coefficient (Wildman–Crippen LogP) is 1.74. The van der Waals surface area contributed by atoms with E-state index in [1.54, 1.807) is 0 Å². The number of hydrogen-bond donors (Lipinski definition) is 1. The topological polar surface area (TPSA) is 56.9 Å². The second kappa shape index (κ2) is 6.21. The quantitative estimate of drug-likeness (QED) is 0.899. The van der Waals surface area contributed by atoms with E-state index in [1.807, 2.05) is 24.0 Å². The van der Waals surface area contributed by atoms with Gasteiger partial charge in [0.2, 0.25) is 0 Å². The van der Waals surface area contributed by atoms with E-state index in [4.69, 9.17) is 9.52 Å². The van der Waals surface area contributed by atoms with Crippen molar-refractivity contribution >= 4 is 5.97 Å². The van der Waals surface area contributed by atoms with Crippen molar-refractivity contribution < 1.29 is 14.3 Å². The van der Waals surface area contributed by atoms with Gasteiger partial charge in [-0.1, -0.05) is 0 Å². The largest absolute Gasteiger partial charge is 0.480 e. The van der Waals surface area contributed by atoms with E-state index >= 15 is 0 Å². The minimum absolute atomic E-state index is 0.141. The molecule has 19 heavy (non-hydrogen) atoms. The summed E-state index contributed by atoms with van der Waals surface area (Å²) in [4.78, 5) is 15.1. The van der Waals surface area contributed by atoms with E-state index < -0.39 is 5.97 Å². The maximum atomic E-state index is 10.7. The predicted molar refractivity (Wildman–Crippen MR) is 72.1 cm³/mol. The van der Waals surface area contributed by atoms with Crippen LogP contribution in [0.15, 0.2) is 16.5 Å². The zero-order chi connectivity index (χ0) is 13.8. The summed E-state index contributed by atoms with van der Waals surface area (Å²) < 4.78 is 5.68. The molecule has 1 N–H and O–H groups in total. The first kappa shape index (κ1) is 14.1. The molecule has 0 spiro atoms. The highest BCUT2D eigenvalue weighted by Crippen LogP contribution is 2.23. The smallest absolute Gasteiger partial charge is 0.317 e. The molecule has 2 rings (SSSR count). The van der Waals surface area contributed by atoms with Gasteiger partial charge in [0.25, 0.3) is 0 Å². The summed E-state index contributed by atoms with van der Waals surface area (Å²) in [5.41, 5.74) is 0. The lowest BCUT2D eigenvalue weighted by atomic mass is 10.2. The molecule has 0 aliphatic carbocycles. The average Bonchev–Trinajstić information content (AvgIpc) is 2.65. The first-order valence-electron chi connectivity index (χ1n) is 6.81. The van der Waals surface area contributed by atoms with Gasteiger partial charge in [-0.3, -0.25) is 14.6 Å². The fraction of sp³-hybridized carbons (Fsp3) is 0.643. The zero-order valence-electron chi connectivity index (χ0n) is 11.6. The van der Waals surface area contributed by atoms with E-state index in [2.05, 4.69) is 11.8 Å². The number of carbonyl (C=O) groups is 1. The van der Waals surface area contributed by atoms with Gasteiger partial charge in [-0.15, -0.1) is 0 Å². The molecule has 2 heterocycles. The van der Waals surface area contributed by atoms with Gasteiger partial charge in [0.1, 0.15) is 11.5 Å². The summed E-state index contributed by atoms with van der Waals surface area (Å²) in [6, 6.07) is 4.26. The molecule has 0 bridgehead atoms. The third-order valence-corrected chi connectivity index (χ3v) is 3.70. The van der Waals surface area contributed by atoms with Crippen molar-refractivity contribution in [2.24, 2.45) is 0 Å². The summed E-state index contributed by atoms with van der Waals surface area (Å²) in [5.74, 6) is 1.18. The van der Waals surface area contributed by atoms with E-state index in [9.17, 15) is 4.79 Å². The van der Waals surface area contributed by atoms with Crippen molar-refractivity contribution in [1.82, 2.24) is 9.80 Å². The molecular formula is C14H22N2O3. The summed E-state index contributed by atoms with van der Waals surface area (Å²) in [6.45, 7) is 7.76. The third-order valence-electron chi connectivity index (χ3n) is 3.70. The van der Waals surface area contributed by atoms with Crippen LogP contribution in [0.4, 0.5) is 0 Å². The van der Waals surface area contributed by atoms with Gasteiger partial charge in [0, 0.05) is 26.2 Å². The lowest BCUT2D eigenvalue weighted by Gasteiger charge is -2.26. The first-order valence-corrected chi connectivity index (χ1v) is 6.81. The number of aryl methyl sites for hydroxylation is 1. The summed E-state index contributed by atoms with van der Waals surface area (Å²) in [6.07, 6.45) is 0.997. The van der Waals surface area contributed by atoms with Crippen LogP contribution in [0.3, 0.4) is 0 Å². The van der Waals surface area contributed by atoms with Crippen LogP contribution in [0, 0.1) is 6.92 Å². The number of hydrogen-bond acceptors (Lipinski definition) is 4. The Morgan fingerprint density at radius 2 is 2.16 bits per heavy atom. The van der Waals surface area contributed by atoms with Crippen LogP contribution in [0.2, 0.25) is 0 Å². The van der Waals surface area contributed by atoms with Crippen LogP contribution in [0.1, 0.15) is 30.9 Å². The van der Waals surface area contributed by atoms with Gasteiger partial charge < -0.3 is 9.52 Å². The van der Waals surface area contributed by atoms with Crippen molar-refractivity contribution in [2.75, 3.05) is 32.7 Å². The first-order chi connectivity index (χ1) is 9.06. The third kappa shape index (κ3) is 3.81. The molecule has 5 nitrogen and oxygen atoms in total. The van der Waals surface area contributed by atoms with E-state index in [0.29, 0.717) is 0 Å². The number of aliphatic carboxylic acids is 1. The lowest BCUT2D eigenvalue weighted by molar-refractivity contribution is -0.138. The number of carboxylic acids is 1. The Morgan fingerprint density at radius 3 is 2.79 bits per heavy atom. The van der Waals surface area contributed by atoms with Crippen molar-refractivity contribution in [2.45, 2.75) is 26.3 Å². The van der Waals surface area contributed by atoms with Gasteiger partial charge in [-0.05, 0) is 32.4 Å². The Labute approximate surface area is 113 Å². The van der Waals surface area contributed by atoms with Gasteiger partial charge in [-0.2, -0.15) is 0 Å². The van der Waals surface area contributed by atoms with Crippen LogP contribution >= 0.6 is 0 Å². The SMILES string of the molecule is Cc1ccc(C(C)N2CCCN(CC(=O)O)CC2)o1. The molecule has 1 aliphatic heterocycles. The molecule has 1 aliphatic rings. The number of rotatable bonds is 4. The van der Waals surface area contributed by atoms with Crippen LogP contribution in [0.5, 0.6) is 0 Å². The number of carboxylic acid groups (broad SMARTS) is 1. The van der Waals surface area contributed by atoms with Crippen LogP contribution in [-0.2, 0) is 4.79 Å². The van der Waals surface area contributed by atoms with Crippen molar-refractivity contribution in [3.63, 3.8) is 0 Å². The van der Waals surface area contributed by atoms with Crippen molar-refractivity contribution in [1.29, 1.82) is 0 Å². The second-order valence-corrected chi connectivity index (χ2v) is 5.18. The molecule has 1 fully saturated rings. The maximum Gasteiger partial charge on any atom is 0.317 e. The van der Waals surface area contributed by atoms with E-state index in [0.717, 1.165) is 44.1 Å². The van der Waals surface area contributed by atoms with Crippen LogP contribution in [-0.4, -0.2) is 53.6 Å². The Kier molecular flexibility index (Phi) is 4.61. The van der Waals surface area contributed by atoms with Crippen LogP contribution in [0.25, 0.3) is 0 Å². The minimum atomic E-state index is -0.747. The van der Waals surface area contributed by atoms with Gasteiger partial charge in [0.05, 0.1) is 12.6 Å². The highest BCUT2D eigenvalue weighted by Gasteiger charge is 2.22. The average molecular weight is 266 g/mol. The van der Waals surface area contributed by atoms with E-state index in [1.165, 1.54) is 0 Å². The molecule has 1 aromatic heterocycles. The summed E-state index contributed by atoms with van der Waals surface area (Å²) in [7, 11) is 0. The molecule has 0 radical (unpaired) electrons. The normalized spacial score (nSPS) is 20.1. The molecular weight excluding hydrogens is 244 g/mol. The van der Waals surface area contributed by atoms with Crippen molar-refractivity contribution in [3.05, 3.63) is 23.7 Å². The molecule has 0 amide bonds. The molecule has 106 valence electrons. The highest BCUT2D eigenvalue weighted by atomic mass is 16.4. The van der Waals surface area contributed by atoms with Gasteiger partial charge in [-0.25, -0.2) is 0 Å². The lowest BCUT2D eigenvalue weighted by Crippen LogP contribution is -2.34. The minimum Gasteiger partial charge on any atom is -0.480 e. The highest BCUT2D eigenvalue weighted by molar-refractivity contribution is 5.69. The van der Waals surface area contributed by atoms with Gasteiger partial charge >= 0.3 is 5.97 Å². The van der Waals surface area contributed by atoms with Crippen LogP contribution < -0.4 is 0 Å². The molecule has 1 unspecified atom stereocenters. The summed E-state index contributed by atoms with van der Waals surface area (Å²) >= 11 is 0. The molecule has 5 heteroatoms. The van der Waals surface area contributed by atoms with Crippen molar-refractivity contribution in [3.8, 4) is 0 Å². The van der Waals surface area contributed by atoms with Gasteiger partial charge in [0.15, 0.2) is 0 Å². The summed E-state index contributed by atoms with van der Waals surface area (Å²) in [5, 5.41) is 8.84. The molecule has 1 saturated heterocycles. The fourth-order valence-corrected chi connectivity index (χ4v) is 2.59. The Bertz CT molecular complexity index is 430. The zero-order valence-corrected chi connectivity index (χ0v) is 11.6. The Morgan fingerprint density at radius 1 is 1.37 bits per heavy atom. The number of furan rings is 1. The Hall–Kier alpha value is -1.33.